The van der Waals surface area contributed by atoms with E-state index in [1.807, 2.05) is 12.1 Å². The van der Waals surface area contributed by atoms with E-state index < -0.39 is 10.1 Å². The van der Waals surface area contributed by atoms with Gasteiger partial charge >= 0.3 is 0 Å². The van der Waals surface area contributed by atoms with E-state index in [-0.39, 0.29) is 34.5 Å². The van der Waals surface area contributed by atoms with Crippen LogP contribution in [0.4, 0.5) is 0 Å². The van der Waals surface area contributed by atoms with Crippen molar-refractivity contribution >= 4 is 50.4 Å². The Morgan fingerprint density at radius 3 is 2.29 bits per heavy atom. The van der Waals surface area contributed by atoms with Crippen molar-refractivity contribution in [2.24, 2.45) is 0 Å². The van der Waals surface area contributed by atoms with E-state index in [2.05, 4.69) is 0 Å². The van der Waals surface area contributed by atoms with Crippen LogP contribution in [0.25, 0.3) is 10.8 Å². The number of hydrogen-bond acceptors (Lipinski definition) is 2. The van der Waals surface area contributed by atoms with Crippen LogP contribution < -0.4 is 0 Å². The zero-order valence-electron chi connectivity index (χ0n) is 9.47. The number of benzene rings is 2. The molecule has 0 saturated heterocycles. The van der Waals surface area contributed by atoms with Crippen LogP contribution in [0.1, 0.15) is 11.1 Å². The second-order valence-electron chi connectivity index (χ2n) is 4.04. The fourth-order valence-corrected chi connectivity index (χ4v) is 3.13. The van der Waals surface area contributed by atoms with E-state index in [4.69, 9.17) is 4.55 Å². The summed E-state index contributed by atoms with van der Waals surface area (Å²) in [6, 6.07) is 8.87. The molecule has 0 heterocycles. The van der Waals surface area contributed by atoms with Gasteiger partial charge in [0.1, 0.15) is 4.90 Å². The predicted octanol–water partition coefficient (Wildman–Crippen LogP) is 1.80. The van der Waals surface area contributed by atoms with Crippen LogP contribution in [0, 0.1) is 0 Å². The van der Waals surface area contributed by atoms with Crippen molar-refractivity contribution in [3.63, 3.8) is 0 Å². The van der Waals surface area contributed by atoms with Crippen LogP contribution in [0.5, 0.6) is 0 Å². The number of aryl methyl sites for hydroxylation is 2. The zero-order chi connectivity index (χ0) is 11.3. The first-order valence-corrected chi connectivity index (χ1v) is 6.52. The van der Waals surface area contributed by atoms with E-state index in [1.54, 1.807) is 12.1 Å². The molecule has 0 unspecified atom stereocenters. The standard InChI is InChI=1S/C12H10O3S.Na/c13-16(14,15)11-7-6-9-5-4-8-2-1-3-10(11)12(8)9;/h1-3,6-7H,4-5H2,(H,13,14,15);. The van der Waals surface area contributed by atoms with Gasteiger partial charge in [-0.3, -0.25) is 4.55 Å². The minimum Gasteiger partial charge on any atom is -0.282 e. The molecule has 17 heavy (non-hydrogen) atoms. The van der Waals surface area contributed by atoms with Crippen molar-refractivity contribution in [1.82, 2.24) is 0 Å². The third-order valence-electron chi connectivity index (χ3n) is 3.11. The minimum atomic E-state index is -4.14. The minimum absolute atomic E-state index is 0. The SMILES string of the molecule is O=S(=O)(O)c1ccc2c3c(cccc13)CC2.[Na]. The molecule has 0 saturated carbocycles. The van der Waals surface area contributed by atoms with Gasteiger partial charge in [0.2, 0.25) is 0 Å². The Hall–Kier alpha value is -0.390. The van der Waals surface area contributed by atoms with Gasteiger partial charge in [-0.1, -0.05) is 24.3 Å². The summed E-state index contributed by atoms with van der Waals surface area (Å²) in [6.45, 7) is 0. The fraction of sp³-hybridized carbons (Fsp3) is 0.167. The summed E-state index contributed by atoms with van der Waals surface area (Å²) in [5.74, 6) is 0. The van der Waals surface area contributed by atoms with Crippen molar-refractivity contribution in [1.29, 1.82) is 0 Å². The molecule has 1 aliphatic carbocycles. The molecule has 0 aromatic heterocycles. The van der Waals surface area contributed by atoms with Gasteiger partial charge in [-0.05, 0) is 35.4 Å². The normalized spacial score (nSPS) is 13.7. The average Bonchev–Trinajstić information content (AvgIpc) is 2.63. The maximum Gasteiger partial charge on any atom is 0.295 e. The molecule has 2 aromatic rings. The molecule has 1 aliphatic rings. The third-order valence-corrected chi connectivity index (χ3v) is 4.03. The van der Waals surface area contributed by atoms with Gasteiger partial charge in [0.25, 0.3) is 10.1 Å². The van der Waals surface area contributed by atoms with Crippen molar-refractivity contribution in [3.8, 4) is 0 Å². The second-order valence-corrected chi connectivity index (χ2v) is 5.43. The van der Waals surface area contributed by atoms with E-state index in [0.717, 1.165) is 29.4 Å². The molecular formula is C12H10NaO3S. The van der Waals surface area contributed by atoms with Gasteiger partial charge < -0.3 is 0 Å². The Morgan fingerprint density at radius 2 is 1.65 bits per heavy atom. The fourth-order valence-electron chi connectivity index (χ4n) is 2.45. The summed E-state index contributed by atoms with van der Waals surface area (Å²) >= 11 is 0. The topological polar surface area (TPSA) is 54.4 Å². The largest absolute Gasteiger partial charge is 0.295 e. The Balaban J connectivity index is 0.00000108. The molecule has 0 aliphatic heterocycles. The molecule has 2 aromatic carbocycles. The summed E-state index contributed by atoms with van der Waals surface area (Å²) in [7, 11) is -4.14. The van der Waals surface area contributed by atoms with Crippen molar-refractivity contribution in [2.75, 3.05) is 0 Å². The molecule has 0 spiro atoms. The van der Waals surface area contributed by atoms with Crippen LogP contribution in [0.2, 0.25) is 0 Å². The first-order chi connectivity index (χ1) is 7.57. The van der Waals surface area contributed by atoms with Crippen LogP contribution in [-0.4, -0.2) is 42.5 Å². The van der Waals surface area contributed by atoms with Gasteiger partial charge in [0, 0.05) is 34.9 Å². The Kier molecular flexibility index (Phi) is 3.36. The Bertz CT molecular complexity index is 682. The van der Waals surface area contributed by atoms with Crippen molar-refractivity contribution in [3.05, 3.63) is 41.5 Å². The predicted molar refractivity (Wildman–Crippen MR) is 66.9 cm³/mol. The molecular weight excluding hydrogens is 247 g/mol. The van der Waals surface area contributed by atoms with Gasteiger partial charge in [-0.2, -0.15) is 8.42 Å². The Labute approximate surface area is 122 Å². The summed E-state index contributed by atoms with van der Waals surface area (Å²) in [6.07, 6.45) is 1.89. The van der Waals surface area contributed by atoms with Crippen LogP contribution >= 0.6 is 0 Å². The first-order valence-electron chi connectivity index (χ1n) is 5.08. The van der Waals surface area contributed by atoms with Crippen molar-refractivity contribution < 1.29 is 13.0 Å². The van der Waals surface area contributed by atoms with E-state index in [0.29, 0.717) is 5.39 Å². The van der Waals surface area contributed by atoms with Crippen molar-refractivity contribution in [2.45, 2.75) is 17.7 Å². The van der Waals surface area contributed by atoms with E-state index in [9.17, 15) is 8.42 Å². The van der Waals surface area contributed by atoms with Crippen LogP contribution in [-0.2, 0) is 23.0 Å². The molecule has 5 heteroatoms. The molecule has 83 valence electrons. The summed E-state index contributed by atoms with van der Waals surface area (Å²) in [4.78, 5) is 0.00926. The quantitative estimate of drug-likeness (QED) is 0.626. The first kappa shape index (κ1) is 13.1. The smallest absolute Gasteiger partial charge is 0.282 e. The van der Waals surface area contributed by atoms with E-state index in [1.165, 1.54) is 6.07 Å². The zero-order valence-corrected chi connectivity index (χ0v) is 12.3. The second kappa shape index (κ2) is 4.37. The molecule has 0 amide bonds. The third kappa shape index (κ3) is 2.04. The molecule has 0 atom stereocenters. The molecule has 1 N–H and O–H groups in total. The van der Waals surface area contributed by atoms with Gasteiger partial charge in [0.05, 0.1) is 0 Å². The molecule has 3 nitrogen and oxygen atoms in total. The number of hydrogen-bond donors (Lipinski definition) is 1. The summed E-state index contributed by atoms with van der Waals surface area (Å²) in [5, 5.41) is 1.63. The molecule has 0 bridgehead atoms. The average molecular weight is 257 g/mol. The molecule has 3 rings (SSSR count). The maximum absolute atomic E-state index is 11.2. The summed E-state index contributed by atoms with van der Waals surface area (Å²) in [5.41, 5.74) is 2.33. The van der Waals surface area contributed by atoms with Crippen LogP contribution in [0.15, 0.2) is 35.2 Å². The van der Waals surface area contributed by atoms with Gasteiger partial charge in [-0.25, -0.2) is 0 Å². The monoisotopic (exact) mass is 257 g/mol. The van der Waals surface area contributed by atoms with E-state index >= 15 is 0 Å². The summed E-state index contributed by atoms with van der Waals surface area (Å²) < 4.78 is 31.7. The Morgan fingerprint density at radius 1 is 1.00 bits per heavy atom. The maximum atomic E-state index is 11.2. The molecule has 1 radical (unpaired) electrons. The molecule has 0 fully saturated rings. The van der Waals surface area contributed by atoms with Gasteiger partial charge in [-0.15, -0.1) is 0 Å². The van der Waals surface area contributed by atoms with Crippen LogP contribution in [0.3, 0.4) is 0 Å². The van der Waals surface area contributed by atoms with Gasteiger partial charge in [0.15, 0.2) is 0 Å². The number of rotatable bonds is 1.